The number of carboxylic acid groups (broad SMARTS) is 1. The van der Waals surface area contributed by atoms with Gasteiger partial charge in [-0.3, -0.25) is 4.79 Å². The highest BCUT2D eigenvalue weighted by Gasteiger charge is 2.25. The summed E-state index contributed by atoms with van der Waals surface area (Å²) in [5, 5.41) is 9.44. The Morgan fingerprint density at radius 1 is 1.33 bits per heavy atom. The van der Waals surface area contributed by atoms with Gasteiger partial charge in [0.25, 0.3) is 0 Å². The molecule has 0 aliphatic heterocycles. The van der Waals surface area contributed by atoms with Gasteiger partial charge in [0.1, 0.15) is 0 Å². The van der Waals surface area contributed by atoms with E-state index in [1.54, 1.807) is 18.7 Å². The standard InChI is InChI=1S/C12H22O4S2/c1-4-9(5-2)18-7-10(11(13)14)16-12(15)8(3)6-17/h8-10,17H,4-7H2,1-3H3,(H,13,14)/t8-,10+/m1/s1. The summed E-state index contributed by atoms with van der Waals surface area (Å²) in [5.41, 5.74) is 0. The van der Waals surface area contributed by atoms with Crippen molar-refractivity contribution >= 4 is 36.3 Å². The molecule has 6 heteroatoms. The van der Waals surface area contributed by atoms with E-state index in [4.69, 9.17) is 9.84 Å². The lowest BCUT2D eigenvalue weighted by Crippen LogP contribution is -2.32. The van der Waals surface area contributed by atoms with Crippen LogP contribution < -0.4 is 0 Å². The molecular weight excluding hydrogens is 272 g/mol. The summed E-state index contributed by atoms with van der Waals surface area (Å²) in [6, 6.07) is 0. The van der Waals surface area contributed by atoms with Crippen molar-refractivity contribution in [2.24, 2.45) is 5.92 Å². The van der Waals surface area contributed by atoms with E-state index in [2.05, 4.69) is 26.5 Å². The normalized spacial score (nSPS) is 14.3. The molecule has 106 valence electrons. The van der Waals surface area contributed by atoms with Crippen LogP contribution in [0, 0.1) is 5.92 Å². The molecule has 0 aliphatic carbocycles. The minimum atomic E-state index is -1.09. The van der Waals surface area contributed by atoms with Gasteiger partial charge in [-0.1, -0.05) is 20.8 Å². The molecule has 1 N–H and O–H groups in total. The van der Waals surface area contributed by atoms with Gasteiger partial charge in [-0.2, -0.15) is 24.4 Å². The fourth-order valence-corrected chi connectivity index (χ4v) is 2.51. The van der Waals surface area contributed by atoms with Crippen LogP contribution in [0.1, 0.15) is 33.6 Å². The summed E-state index contributed by atoms with van der Waals surface area (Å²) in [5.74, 6) is -1.32. The molecule has 0 radical (unpaired) electrons. The Balaban J connectivity index is 4.31. The number of hydrogen-bond acceptors (Lipinski definition) is 5. The Hall–Kier alpha value is -0.360. The van der Waals surface area contributed by atoms with Crippen molar-refractivity contribution in [3.8, 4) is 0 Å². The molecule has 0 unspecified atom stereocenters. The molecular formula is C12H22O4S2. The molecule has 0 aromatic heterocycles. The van der Waals surface area contributed by atoms with Crippen molar-refractivity contribution < 1.29 is 19.4 Å². The summed E-state index contributed by atoms with van der Waals surface area (Å²) in [7, 11) is 0. The molecule has 0 heterocycles. The third kappa shape index (κ3) is 6.54. The van der Waals surface area contributed by atoms with E-state index in [-0.39, 0.29) is 5.92 Å². The van der Waals surface area contributed by atoms with E-state index in [9.17, 15) is 9.59 Å². The number of rotatable bonds is 9. The Morgan fingerprint density at radius 2 is 1.89 bits per heavy atom. The third-order valence-corrected chi connectivity index (χ3v) is 4.79. The van der Waals surface area contributed by atoms with Crippen molar-refractivity contribution in [1.82, 2.24) is 0 Å². The van der Waals surface area contributed by atoms with Crippen LogP contribution in [0.25, 0.3) is 0 Å². The Bertz CT molecular complexity index is 267. The lowest BCUT2D eigenvalue weighted by molar-refractivity contribution is -0.164. The highest BCUT2D eigenvalue weighted by Crippen LogP contribution is 2.20. The van der Waals surface area contributed by atoms with E-state index in [1.807, 2.05) is 0 Å². The Morgan fingerprint density at radius 3 is 2.28 bits per heavy atom. The molecule has 0 amide bonds. The number of hydrogen-bond donors (Lipinski definition) is 2. The molecule has 0 aliphatic rings. The molecule has 0 aromatic rings. The van der Waals surface area contributed by atoms with E-state index >= 15 is 0 Å². The maximum Gasteiger partial charge on any atom is 0.345 e. The van der Waals surface area contributed by atoms with E-state index < -0.39 is 18.0 Å². The molecule has 0 saturated heterocycles. The molecule has 0 rings (SSSR count). The van der Waals surface area contributed by atoms with Crippen LogP contribution in [0.15, 0.2) is 0 Å². The second-order valence-corrected chi connectivity index (χ2v) is 5.82. The number of aliphatic carboxylic acids is 1. The molecule has 0 spiro atoms. The van der Waals surface area contributed by atoms with Gasteiger partial charge >= 0.3 is 11.9 Å². The number of carbonyl (C=O) groups is 2. The van der Waals surface area contributed by atoms with Crippen LogP contribution in [-0.4, -0.2) is 39.9 Å². The van der Waals surface area contributed by atoms with Crippen molar-refractivity contribution in [2.75, 3.05) is 11.5 Å². The molecule has 0 aromatic carbocycles. The number of ether oxygens (including phenoxy) is 1. The van der Waals surface area contributed by atoms with Crippen LogP contribution in [-0.2, 0) is 14.3 Å². The first-order valence-electron chi connectivity index (χ1n) is 6.11. The minimum absolute atomic E-state index is 0.298. The first-order chi connectivity index (χ1) is 8.46. The van der Waals surface area contributed by atoms with Gasteiger partial charge in [-0.25, -0.2) is 4.79 Å². The summed E-state index contributed by atoms with van der Waals surface area (Å²) in [4.78, 5) is 22.6. The van der Waals surface area contributed by atoms with Crippen molar-refractivity contribution in [1.29, 1.82) is 0 Å². The summed E-state index contributed by atoms with van der Waals surface area (Å²) in [6.45, 7) is 5.79. The number of carboxylic acids is 1. The van der Waals surface area contributed by atoms with Gasteiger partial charge in [-0.15, -0.1) is 0 Å². The van der Waals surface area contributed by atoms with E-state index in [0.29, 0.717) is 16.8 Å². The maximum absolute atomic E-state index is 11.5. The predicted molar refractivity (Wildman–Crippen MR) is 77.4 cm³/mol. The highest BCUT2D eigenvalue weighted by molar-refractivity contribution is 7.99. The summed E-state index contributed by atoms with van der Waals surface area (Å²) in [6.07, 6.45) is 0.897. The molecule has 0 saturated carbocycles. The van der Waals surface area contributed by atoms with Crippen LogP contribution >= 0.6 is 24.4 Å². The van der Waals surface area contributed by atoms with Crippen LogP contribution in [0.3, 0.4) is 0 Å². The van der Waals surface area contributed by atoms with Gasteiger partial charge < -0.3 is 9.84 Å². The van der Waals surface area contributed by atoms with Crippen molar-refractivity contribution in [2.45, 2.75) is 45.0 Å². The van der Waals surface area contributed by atoms with Gasteiger partial charge in [0.05, 0.1) is 5.92 Å². The molecule has 0 bridgehead atoms. The zero-order valence-electron chi connectivity index (χ0n) is 11.1. The molecule has 4 nitrogen and oxygen atoms in total. The number of esters is 1. The quantitative estimate of drug-likeness (QED) is 0.505. The highest BCUT2D eigenvalue weighted by atomic mass is 32.2. The third-order valence-electron chi connectivity index (χ3n) is 2.60. The number of carbonyl (C=O) groups excluding carboxylic acids is 1. The van der Waals surface area contributed by atoms with Crippen molar-refractivity contribution in [3.63, 3.8) is 0 Å². The van der Waals surface area contributed by atoms with Gasteiger partial charge in [0.15, 0.2) is 0 Å². The van der Waals surface area contributed by atoms with Gasteiger partial charge in [0, 0.05) is 16.8 Å². The van der Waals surface area contributed by atoms with E-state index in [0.717, 1.165) is 12.8 Å². The lowest BCUT2D eigenvalue weighted by Gasteiger charge is -2.18. The fourth-order valence-electron chi connectivity index (χ4n) is 1.23. The zero-order chi connectivity index (χ0) is 14.1. The topological polar surface area (TPSA) is 63.6 Å². The lowest BCUT2D eigenvalue weighted by atomic mass is 10.2. The molecule has 2 atom stereocenters. The second-order valence-electron chi connectivity index (χ2n) is 4.12. The zero-order valence-corrected chi connectivity index (χ0v) is 12.8. The second kappa shape index (κ2) is 9.55. The first-order valence-corrected chi connectivity index (χ1v) is 7.80. The fraction of sp³-hybridized carbons (Fsp3) is 0.833. The Kier molecular flexibility index (Phi) is 9.36. The van der Waals surface area contributed by atoms with Crippen LogP contribution in [0.4, 0.5) is 0 Å². The Labute approximate surface area is 118 Å². The van der Waals surface area contributed by atoms with E-state index in [1.165, 1.54) is 0 Å². The SMILES string of the molecule is CCC(CC)SC[C@H](OC(=O)[C@H](C)CS)C(=O)O. The minimum Gasteiger partial charge on any atom is -0.478 e. The monoisotopic (exact) mass is 294 g/mol. The largest absolute Gasteiger partial charge is 0.478 e. The average Bonchev–Trinajstić information content (AvgIpc) is 2.36. The van der Waals surface area contributed by atoms with Gasteiger partial charge in [-0.05, 0) is 12.8 Å². The summed E-state index contributed by atoms with van der Waals surface area (Å²) >= 11 is 5.53. The summed E-state index contributed by atoms with van der Waals surface area (Å²) < 4.78 is 5.00. The number of thiol groups is 1. The molecule has 0 fully saturated rings. The van der Waals surface area contributed by atoms with Crippen molar-refractivity contribution in [3.05, 3.63) is 0 Å². The maximum atomic E-state index is 11.5. The first kappa shape index (κ1) is 17.6. The predicted octanol–water partition coefficient (Wildman–Crippen LogP) is 2.47. The van der Waals surface area contributed by atoms with Crippen LogP contribution in [0.2, 0.25) is 0 Å². The average molecular weight is 294 g/mol. The molecule has 18 heavy (non-hydrogen) atoms. The smallest absolute Gasteiger partial charge is 0.345 e. The number of thioether (sulfide) groups is 1. The van der Waals surface area contributed by atoms with Gasteiger partial charge in [0.2, 0.25) is 6.10 Å². The van der Waals surface area contributed by atoms with Crippen LogP contribution in [0.5, 0.6) is 0 Å².